The second kappa shape index (κ2) is 6.44. The van der Waals surface area contributed by atoms with E-state index in [4.69, 9.17) is 4.74 Å². The minimum atomic E-state index is -0.569. The highest BCUT2D eigenvalue weighted by Gasteiger charge is 2.45. The first-order chi connectivity index (χ1) is 12.6. The van der Waals surface area contributed by atoms with Crippen LogP contribution in [0.15, 0.2) is 52.9 Å². The molecule has 2 heterocycles. The van der Waals surface area contributed by atoms with Crippen LogP contribution in [-0.4, -0.2) is 42.8 Å². The van der Waals surface area contributed by atoms with Crippen LogP contribution in [0.4, 0.5) is 0 Å². The molecule has 1 amide bonds. The van der Waals surface area contributed by atoms with Crippen LogP contribution in [0.2, 0.25) is 0 Å². The molecule has 1 N–H and O–H groups in total. The Labute approximate surface area is 151 Å². The number of esters is 1. The Balaban J connectivity index is 2.01. The van der Waals surface area contributed by atoms with Crippen molar-refractivity contribution in [3.05, 3.63) is 58.4 Å². The van der Waals surface area contributed by atoms with E-state index in [-0.39, 0.29) is 17.3 Å². The molecule has 2 aliphatic heterocycles. The van der Waals surface area contributed by atoms with Crippen LogP contribution in [-0.2, 0) is 19.1 Å². The molecule has 134 valence electrons. The average molecular weight is 352 g/mol. The third kappa shape index (κ3) is 2.44. The van der Waals surface area contributed by atoms with Crippen molar-refractivity contribution in [2.75, 3.05) is 20.2 Å². The Morgan fingerprint density at radius 2 is 1.96 bits per heavy atom. The van der Waals surface area contributed by atoms with Crippen LogP contribution in [0.3, 0.4) is 0 Å². The molecule has 1 fully saturated rings. The Morgan fingerprint density at radius 3 is 2.69 bits per heavy atom. The number of allylic oxidation sites excluding steroid dienone is 2. The van der Waals surface area contributed by atoms with Gasteiger partial charge in [-0.05, 0) is 18.4 Å². The summed E-state index contributed by atoms with van der Waals surface area (Å²) in [4.78, 5) is 40.1. The summed E-state index contributed by atoms with van der Waals surface area (Å²) in [5.74, 6) is -1.38. The first-order valence-electron chi connectivity index (χ1n) is 8.83. The molecule has 1 aliphatic carbocycles. The number of benzene rings is 1. The molecule has 4 rings (SSSR count). The van der Waals surface area contributed by atoms with E-state index in [9.17, 15) is 14.4 Å². The van der Waals surface area contributed by atoms with Crippen molar-refractivity contribution in [2.24, 2.45) is 0 Å². The molecule has 26 heavy (non-hydrogen) atoms. The summed E-state index contributed by atoms with van der Waals surface area (Å²) in [5, 5.41) is 2.82. The predicted molar refractivity (Wildman–Crippen MR) is 93.8 cm³/mol. The van der Waals surface area contributed by atoms with Gasteiger partial charge in [-0.1, -0.05) is 30.3 Å². The number of fused-ring (bicyclic) bond motifs is 2. The molecular weight excluding hydrogens is 332 g/mol. The van der Waals surface area contributed by atoms with Gasteiger partial charge in [0.25, 0.3) is 5.91 Å². The summed E-state index contributed by atoms with van der Waals surface area (Å²) in [5.41, 5.74) is 2.92. The molecule has 6 nitrogen and oxygen atoms in total. The van der Waals surface area contributed by atoms with Gasteiger partial charge in [-0.3, -0.25) is 9.59 Å². The highest BCUT2D eigenvalue weighted by atomic mass is 16.5. The van der Waals surface area contributed by atoms with Crippen LogP contribution in [0, 0.1) is 0 Å². The smallest absolute Gasteiger partial charge is 0.337 e. The number of hydrogen-bond acceptors (Lipinski definition) is 5. The van der Waals surface area contributed by atoms with Gasteiger partial charge in [-0.2, -0.15) is 0 Å². The lowest BCUT2D eigenvalue weighted by Gasteiger charge is -2.43. The van der Waals surface area contributed by atoms with E-state index in [0.717, 1.165) is 24.1 Å². The molecule has 0 bridgehead atoms. The third-order valence-electron chi connectivity index (χ3n) is 5.23. The number of piperazine rings is 1. The van der Waals surface area contributed by atoms with Gasteiger partial charge in [-0.15, -0.1) is 0 Å². The zero-order valence-electron chi connectivity index (χ0n) is 14.6. The number of rotatable bonds is 2. The monoisotopic (exact) mass is 352 g/mol. The molecule has 1 saturated heterocycles. The normalized spacial score (nSPS) is 22.7. The van der Waals surface area contributed by atoms with Crippen LogP contribution < -0.4 is 5.32 Å². The molecule has 0 aromatic heterocycles. The van der Waals surface area contributed by atoms with Crippen LogP contribution in [0.5, 0.6) is 0 Å². The Morgan fingerprint density at radius 1 is 1.19 bits per heavy atom. The number of carbonyl (C=O) groups is 3. The van der Waals surface area contributed by atoms with Gasteiger partial charge < -0.3 is 15.0 Å². The minimum absolute atomic E-state index is 0.0477. The van der Waals surface area contributed by atoms with Crippen LogP contribution in [0.1, 0.15) is 30.7 Å². The van der Waals surface area contributed by atoms with Crippen molar-refractivity contribution in [3.8, 4) is 0 Å². The molecular formula is C20H20N2O4. The van der Waals surface area contributed by atoms with Crippen LogP contribution >= 0.6 is 0 Å². The topological polar surface area (TPSA) is 75.7 Å². The molecule has 1 atom stereocenters. The molecule has 0 saturated carbocycles. The van der Waals surface area contributed by atoms with E-state index in [1.165, 1.54) is 7.11 Å². The van der Waals surface area contributed by atoms with E-state index < -0.39 is 11.9 Å². The van der Waals surface area contributed by atoms with E-state index in [1.807, 2.05) is 35.2 Å². The average Bonchev–Trinajstić information content (AvgIpc) is 2.67. The summed E-state index contributed by atoms with van der Waals surface area (Å²) in [6.45, 7) is 1.03. The number of methoxy groups -OCH3 is 1. The minimum Gasteiger partial charge on any atom is -0.466 e. The molecule has 1 aromatic carbocycles. The highest BCUT2D eigenvalue weighted by Crippen LogP contribution is 2.46. The van der Waals surface area contributed by atoms with Crippen molar-refractivity contribution in [2.45, 2.75) is 25.2 Å². The van der Waals surface area contributed by atoms with Crippen molar-refractivity contribution >= 4 is 17.7 Å². The van der Waals surface area contributed by atoms with E-state index in [2.05, 4.69) is 5.32 Å². The van der Waals surface area contributed by atoms with E-state index in [0.29, 0.717) is 30.8 Å². The van der Waals surface area contributed by atoms with Gasteiger partial charge in [0, 0.05) is 36.7 Å². The third-order valence-corrected chi connectivity index (χ3v) is 5.23. The van der Waals surface area contributed by atoms with Gasteiger partial charge in [0.15, 0.2) is 5.78 Å². The fourth-order valence-electron chi connectivity index (χ4n) is 4.18. The second-order valence-corrected chi connectivity index (χ2v) is 6.64. The summed E-state index contributed by atoms with van der Waals surface area (Å²) >= 11 is 0. The van der Waals surface area contributed by atoms with Gasteiger partial charge in [0.05, 0.1) is 12.7 Å². The largest absolute Gasteiger partial charge is 0.466 e. The summed E-state index contributed by atoms with van der Waals surface area (Å²) < 4.78 is 5.02. The lowest BCUT2D eigenvalue weighted by Crippen LogP contribution is -2.50. The zero-order chi connectivity index (χ0) is 18.3. The summed E-state index contributed by atoms with van der Waals surface area (Å²) in [6, 6.07) is 9.40. The standard InChI is InChI=1S/C20H20N2O4/c1-26-20(25)17-15(12-6-3-2-4-7-12)16-13(8-5-9-14(16)23)22-11-10-21-19(24)18(17)22/h2-4,6-7,15H,5,8-11H2,1H3,(H,21,24)/t15-/m0/s1. The van der Waals surface area contributed by atoms with Gasteiger partial charge in [0.1, 0.15) is 5.70 Å². The van der Waals surface area contributed by atoms with Crippen molar-refractivity contribution in [1.29, 1.82) is 0 Å². The fraction of sp³-hybridized carbons (Fsp3) is 0.350. The lowest BCUT2D eigenvalue weighted by atomic mass is 9.74. The van der Waals surface area contributed by atoms with E-state index >= 15 is 0 Å². The number of nitrogens with one attached hydrogen (secondary N) is 1. The lowest BCUT2D eigenvalue weighted by molar-refractivity contribution is -0.137. The molecule has 3 aliphatic rings. The Kier molecular flexibility index (Phi) is 4.11. The first-order valence-corrected chi connectivity index (χ1v) is 8.83. The molecule has 6 heteroatoms. The van der Waals surface area contributed by atoms with Crippen LogP contribution in [0.25, 0.3) is 0 Å². The number of ketones is 1. The maximum atomic E-state index is 12.9. The number of nitrogens with zero attached hydrogens (tertiary/aromatic N) is 1. The molecule has 0 spiro atoms. The molecule has 0 unspecified atom stereocenters. The number of carbonyl (C=O) groups excluding carboxylic acids is 3. The Bertz CT molecular complexity index is 854. The number of ether oxygens (including phenoxy) is 1. The molecule has 1 aromatic rings. The number of hydrogen-bond donors (Lipinski definition) is 1. The SMILES string of the molecule is COC(=O)C1=C2C(=O)NCCN2C2=C(C(=O)CCC2)[C@@H]1c1ccccc1. The zero-order valence-corrected chi connectivity index (χ0v) is 14.6. The fourth-order valence-corrected chi connectivity index (χ4v) is 4.18. The summed E-state index contributed by atoms with van der Waals surface area (Å²) in [6.07, 6.45) is 1.96. The van der Waals surface area contributed by atoms with Gasteiger partial charge in [0.2, 0.25) is 0 Å². The predicted octanol–water partition coefficient (Wildman–Crippen LogP) is 1.65. The van der Waals surface area contributed by atoms with Gasteiger partial charge >= 0.3 is 5.97 Å². The molecule has 0 radical (unpaired) electrons. The first kappa shape index (κ1) is 16.6. The van der Waals surface area contributed by atoms with Crippen molar-refractivity contribution in [3.63, 3.8) is 0 Å². The second-order valence-electron chi connectivity index (χ2n) is 6.64. The van der Waals surface area contributed by atoms with Gasteiger partial charge in [-0.25, -0.2) is 4.79 Å². The number of Topliss-reactive ketones (excluding diaryl/α,β-unsaturated/α-hetero) is 1. The summed E-state index contributed by atoms with van der Waals surface area (Å²) in [7, 11) is 1.30. The number of amides is 1. The highest BCUT2D eigenvalue weighted by molar-refractivity contribution is 6.09. The van der Waals surface area contributed by atoms with E-state index in [1.54, 1.807) is 0 Å². The van der Waals surface area contributed by atoms with Crippen molar-refractivity contribution in [1.82, 2.24) is 10.2 Å². The Hall–Kier alpha value is -2.89. The van der Waals surface area contributed by atoms with Crippen molar-refractivity contribution < 1.29 is 19.1 Å². The quantitative estimate of drug-likeness (QED) is 0.819. The maximum Gasteiger partial charge on any atom is 0.337 e. The maximum absolute atomic E-state index is 12.9.